The fourth-order valence-electron chi connectivity index (χ4n) is 10.2. The smallest absolute Gasteiger partial charge is 0.116 e. The number of rotatable bonds is 34. The van der Waals surface area contributed by atoms with Crippen LogP contribution >= 0.6 is 47.0 Å². The van der Waals surface area contributed by atoms with Gasteiger partial charge in [-0.1, -0.05) is 127 Å². The van der Waals surface area contributed by atoms with E-state index < -0.39 is 0 Å². The molecule has 0 radical (unpaired) electrons. The largest absolute Gasteiger partial charge is 0.508 e. The molecule has 0 spiro atoms. The lowest BCUT2D eigenvalue weighted by atomic mass is 9.68. The number of hydrogen-bond donors (Lipinski definition) is 4. The first-order valence-electron chi connectivity index (χ1n) is 26.9. The highest BCUT2D eigenvalue weighted by atomic mass is 32.2. The summed E-state index contributed by atoms with van der Waals surface area (Å²) in [5.74, 6) is 8.75. The molecule has 0 saturated heterocycles. The Balaban J connectivity index is 0.000000267. The lowest BCUT2D eigenvalue weighted by Gasteiger charge is -2.43. The molecule has 0 saturated carbocycles. The highest BCUT2D eigenvalue weighted by Gasteiger charge is 2.42. The highest BCUT2D eigenvalue weighted by molar-refractivity contribution is 8.00. The second-order valence-corrected chi connectivity index (χ2v) is 24.5. The van der Waals surface area contributed by atoms with E-state index >= 15 is 0 Å². The van der Waals surface area contributed by atoms with Crippen LogP contribution in [0.5, 0.6) is 23.0 Å². The molecule has 4 aromatic carbocycles. The molecule has 0 aromatic heterocycles. The Kier molecular flexibility index (Phi) is 28.5. The molecule has 4 atom stereocenters. The molecule has 4 N–H and O–H groups in total. The molecule has 72 heavy (non-hydrogen) atoms. The SMILES string of the molecule is COCCOCCSCCCCCCCCC[C@@H]1c2ccc(O)cc2SC[C@]1(C)c1ccc(O)cc1.COCCOCCSCCCCCCCCC[C@@H]1c2ccc(O)cc2SC[C@]1(C)c1ccc(O)cc1. The van der Waals surface area contributed by atoms with Gasteiger partial charge < -0.3 is 39.4 Å². The van der Waals surface area contributed by atoms with E-state index in [2.05, 4.69) is 50.2 Å². The lowest BCUT2D eigenvalue weighted by Crippen LogP contribution is -2.36. The van der Waals surface area contributed by atoms with E-state index in [4.69, 9.17) is 18.9 Å². The third-order valence-electron chi connectivity index (χ3n) is 14.6. The fraction of sp³-hybridized carbons (Fsp3) is 0.600. The predicted molar refractivity (Wildman–Crippen MR) is 308 cm³/mol. The maximum atomic E-state index is 10.0. The minimum atomic E-state index is 0.00875. The Bertz CT molecular complexity index is 1930. The zero-order valence-corrected chi connectivity index (χ0v) is 47.4. The Labute approximate surface area is 451 Å². The van der Waals surface area contributed by atoms with Gasteiger partial charge in [0.1, 0.15) is 23.0 Å². The van der Waals surface area contributed by atoms with Crippen LogP contribution in [0.1, 0.15) is 151 Å². The molecule has 2 aliphatic rings. The number of fused-ring (bicyclic) bond motifs is 2. The average Bonchev–Trinajstić information content (AvgIpc) is 3.38. The van der Waals surface area contributed by atoms with Gasteiger partial charge in [0.15, 0.2) is 0 Å². The Hall–Kier alpha value is -2.68. The summed E-state index contributed by atoms with van der Waals surface area (Å²) in [6.45, 7) is 9.15. The van der Waals surface area contributed by atoms with Gasteiger partial charge in [0, 0.05) is 57.9 Å². The number of aromatic hydroxyl groups is 4. The van der Waals surface area contributed by atoms with Crippen LogP contribution in [0.4, 0.5) is 0 Å². The van der Waals surface area contributed by atoms with E-state index in [0.717, 1.165) is 49.1 Å². The number of unbranched alkanes of at least 4 members (excludes halogenated alkanes) is 12. The molecule has 0 bridgehead atoms. The summed E-state index contributed by atoms with van der Waals surface area (Å²) in [5, 5.41) is 39.6. The van der Waals surface area contributed by atoms with Gasteiger partial charge in [0.25, 0.3) is 0 Å². The van der Waals surface area contributed by atoms with E-state index in [1.54, 1.807) is 14.2 Å². The lowest BCUT2D eigenvalue weighted by molar-refractivity contribution is 0.0790. The predicted octanol–water partition coefficient (Wildman–Crippen LogP) is 15.5. The quantitative estimate of drug-likeness (QED) is 0.0334. The van der Waals surface area contributed by atoms with Crippen LogP contribution in [0.2, 0.25) is 0 Å². The molecule has 0 aliphatic carbocycles. The van der Waals surface area contributed by atoms with E-state index in [1.807, 2.05) is 95.6 Å². The van der Waals surface area contributed by atoms with Gasteiger partial charge in [-0.25, -0.2) is 0 Å². The average molecular weight is 1070 g/mol. The van der Waals surface area contributed by atoms with Crippen molar-refractivity contribution < 1.29 is 39.4 Å². The van der Waals surface area contributed by atoms with Gasteiger partial charge in [-0.3, -0.25) is 0 Å². The zero-order chi connectivity index (χ0) is 51.3. The van der Waals surface area contributed by atoms with Crippen molar-refractivity contribution in [3.05, 3.63) is 107 Å². The molecule has 2 heterocycles. The van der Waals surface area contributed by atoms with Gasteiger partial charge in [-0.15, -0.1) is 23.5 Å². The molecule has 0 amide bonds. The van der Waals surface area contributed by atoms with Crippen LogP contribution in [-0.4, -0.2) is 109 Å². The van der Waals surface area contributed by atoms with Crippen LogP contribution in [-0.2, 0) is 29.8 Å². The molecular formula is C60H88O8S4. The van der Waals surface area contributed by atoms with E-state index in [-0.39, 0.29) is 10.8 Å². The van der Waals surface area contributed by atoms with Crippen LogP contribution < -0.4 is 0 Å². The van der Waals surface area contributed by atoms with Gasteiger partial charge in [0.05, 0.1) is 39.6 Å². The first-order valence-corrected chi connectivity index (χ1v) is 31.2. The minimum absolute atomic E-state index is 0.00875. The van der Waals surface area contributed by atoms with Crippen molar-refractivity contribution in [3.63, 3.8) is 0 Å². The number of ether oxygens (including phenoxy) is 4. The van der Waals surface area contributed by atoms with Crippen LogP contribution in [0, 0.1) is 0 Å². The highest BCUT2D eigenvalue weighted by Crippen LogP contribution is 2.54. The van der Waals surface area contributed by atoms with Crippen molar-refractivity contribution >= 4 is 47.0 Å². The van der Waals surface area contributed by atoms with Crippen molar-refractivity contribution in [2.75, 3.05) is 88.4 Å². The molecule has 400 valence electrons. The first kappa shape index (κ1) is 60.2. The fourth-order valence-corrected chi connectivity index (χ4v) is 14.7. The van der Waals surface area contributed by atoms with Crippen LogP contribution in [0.25, 0.3) is 0 Å². The van der Waals surface area contributed by atoms with Crippen molar-refractivity contribution in [3.8, 4) is 23.0 Å². The third kappa shape index (κ3) is 20.1. The number of benzene rings is 4. The summed E-state index contributed by atoms with van der Waals surface area (Å²) in [6, 6.07) is 27.4. The summed E-state index contributed by atoms with van der Waals surface area (Å²) in [7, 11) is 3.41. The van der Waals surface area contributed by atoms with Gasteiger partial charge in [0.2, 0.25) is 0 Å². The molecule has 12 heteroatoms. The number of hydrogen-bond acceptors (Lipinski definition) is 12. The number of thioether (sulfide) groups is 4. The molecule has 0 fully saturated rings. The van der Waals surface area contributed by atoms with Crippen LogP contribution in [0.15, 0.2) is 94.7 Å². The Morgan fingerprint density at radius 3 is 1.15 bits per heavy atom. The number of phenolic OH excluding ortho intramolecular Hbond substituents is 4. The number of methoxy groups -OCH3 is 2. The third-order valence-corrected chi connectivity index (χ3v) is 19.4. The molecule has 8 nitrogen and oxygen atoms in total. The summed E-state index contributed by atoms with van der Waals surface area (Å²) in [4.78, 5) is 2.44. The Morgan fingerprint density at radius 1 is 0.431 bits per heavy atom. The van der Waals surface area contributed by atoms with E-state index in [1.165, 1.54) is 133 Å². The molecule has 2 aliphatic heterocycles. The van der Waals surface area contributed by atoms with Gasteiger partial charge >= 0.3 is 0 Å². The molecule has 4 aromatic rings. The molecule has 6 rings (SSSR count). The molecular weight excluding hydrogens is 977 g/mol. The van der Waals surface area contributed by atoms with Gasteiger partial charge in [-0.05, 0) is 120 Å². The summed E-state index contributed by atoms with van der Waals surface area (Å²) < 4.78 is 21.0. The topological polar surface area (TPSA) is 118 Å². The maximum absolute atomic E-state index is 10.0. The standard InChI is InChI=1S/2C30H44O4S2/c2*1-30(24-11-13-25(31)14-12-24)23-36-29-22-26(32)15-16-27(29)28(30)10-8-6-4-3-5-7-9-20-35-21-19-34-18-17-33-2/h2*11-16,22,28,31-32H,3-10,17-21,23H2,1-2H3/t2*28-,30-/m11/s1. The first-order chi connectivity index (χ1) is 35.1. The van der Waals surface area contributed by atoms with Crippen molar-refractivity contribution in [1.29, 1.82) is 0 Å². The number of phenols is 4. The second kappa shape index (κ2) is 34.1. The second-order valence-electron chi connectivity index (χ2n) is 20.0. The van der Waals surface area contributed by atoms with E-state index in [0.29, 0.717) is 61.3 Å². The van der Waals surface area contributed by atoms with Gasteiger partial charge in [-0.2, -0.15) is 23.5 Å². The Morgan fingerprint density at radius 2 is 0.778 bits per heavy atom. The summed E-state index contributed by atoms with van der Waals surface area (Å²) in [5.41, 5.74) is 5.32. The van der Waals surface area contributed by atoms with Crippen molar-refractivity contribution in [2.45, 2.75) is 149 Å². The minimum Gasteiger partial charge on any atom is -0.508 e. The van der Waals surface area contributed by atoms with E-state index in [9.17, 15) is 20.4 Å². The summed E-state index contributed by atoms with van der Waals surface area (Å²) in [6.07, 6.45) is 20.5. The monoisotopic (exact) mass is 1060 g/mol. The maximum Gasteiger partial charge on any atom is 0.116 e. The van der Waals surface area contributed by atoms with Crippen LogP contribution in [0.3, 0.4) is 0 Å². The van der Waals surface area contributed by atoms with Crippen molar-refractivity contribution in [1.82, 2.24) is 0 Å². The zero-order valence-electron chi connectivity index (χ0n) is 44.1. The van der Waals surface area contributed by atoms with Crippen molar-refractivity contribution in [2.24, 2.45) is 0 Å². The summed E-state index contributed by atoms with van der Waals surface area (Å²) >= 11 is 7.67. The normalized spacial score (nSPS) is 19.3. The molecule has 0 unspecified atom stereocenters.